The molecule has 2 aromatic rings. The Hall–Kier alpha value is -3.09. The van der Waals surface area contributed by atoms with Crippen LogP contribution in [0.5, 0.6) is 5.75 Å². The molecule has 7 nitrogen and oxygen atoms in total. The molecule has 0 saturated carbocycles. The molecule has 1 saturated heterocycles. The number of pyridine rings is 1. The van der Waals surface area contributed by atoms with Gasteiger partial charge in [-0.05, 0) is 36.2 Å². The van der Waals surface area contributed by atoms with E-state index in [1.807, 2.05) is 43.1 Å². The zero-order valence-corrected chi connectivity index (χ0v) is 17.2. The first kappa shape index (κ1) is 20.6. The highest BCUT2D eigenvalue weighted by Gasteiger charge is 2.32. The van der Waals surface area contributed by atoms with Gasteiger partial charge in [0.15, 0.2) is 0 Å². The number of ether oxygens (including phenoxy) is 1. The molecule has 7 heteroatoms. The van der Waals surface area contributed by atoms with Crippen molar-refractivity contribution in [1.29, 1.82) is 0 Å². The minimum absolute atomic E-state index is 0.00909. The molecule has 0 spiro atoms. The van der Waals surface area contributed by atoms with Crippen LogP contribution in [0, 0.1) is 5.92 Å². The average molecular weight is 397 g/mol. The second-order valence-electron chi connectivity index (χ2n) is 7.48. The number of amides is 2. The third kappa shape index (κ3) is 5.04. The molecule has 1 atom stereocenters. The standard InChI is InChI=1S/C22H28N4O3/c1-16(2)20(24-21(27)17-7-9-18(29-3)10-8-17)22(28)26-14-12-25(13-15-26)19-6-4-5-11-23-19/h4-11,16,20H,12-15H2,1-3H3,(H,24,27)/p+1/t20-/m0/s1. The fourth-order valence-electron chi connectivity index (χ4n) is 3.43. The van der Waals surface area contributed by atoms with Gasteiger partial charge in [-0.25, -0.2) is 4.98 Å². The summed E-state index contributed by atoms with van der Waals surface area (Å²) in [6, 6.07) is 12.3. The van der Waals surface area contributed by atoms with Crippen LogP contribution in [-0.2, 0) is 4.79 Å². The number of methoxy groups -OCH3 is 1. The number of aromatic nitrogens is 1. The SMILES string of the molecule is COc1ccc(C(=O)N[C@H](C(=O)N2CCN(c3cccc[nH+]3)CC2)C(C)C)cc1. The zero-order valence-electron chi connectivity index (χ0n) is 17.2. The van der Waals surface area contributed by atoms with Crippen LogP contribution in [0.15, 0.2) is 48.7 Å². The maximum atomic E-state index is 13.1. The van der Waals surface area contributed by atoms with E-state index in [1.54, 1.807) is 31.4 Å². The highest BCUT2D eigenvalue weighted by Crippen LogP contribution is 2.15. The largest absolute Gasteiger partial charge is 0.497 e. The fraction of sp³-hybridized carbons (Fsp3) is 0.409. The van der Waals surface area contributed by atoms with Crippen molar-refractivity contribution in [2.75, 3.05) is 38.2 Å². The van der Waals surface area contributed by atoms with E-state index >= 15 is 0 Å². The number of hydrogen-bond acceptors (Lipinski definition) is 4. The van der Waals surface area contributed by atoms with Crippen molar-refractivity contribution >= 4 is 17.6 Å². The lowest BCUT2D eigenvalue weighted by Crippen LogP contribution is -2.57. The highest BCUT2D eigenvalue weighted by atomic mass is 16.5. The van der Waals surface area contributed by atoms with Gasteiger partial charge < -0.3 is 15.0 Å². The Morgan fingerprint density at radius 3 is 2.28 bits per heavy atom. The van der Waals surface area contributed by atoms with E-state index in [9.17, 15) is 9.59 Å². The van der Waals surface area contributed by atoms with Gasteiger partial charge in [-0.3, -0.25) is 14.5 Å². The first-order chi connectivity index (χ1) is 14.0. The van der Waals surface area contributed by atoms with Gasteiger partial charge in [-0.1, -0.05) is 19.9 Å². The molecule has 1 aliphatic rings. The Morgan fingerprint density at radius 1 is 1.03 bits per heavy atom. The van der Waals surface area contributed by atoms with Gasteiger partial charge >= 0.3 is 0 Å². The second-order valence-corrected chi connectivity index (χ2v) is 7.48. The van der Waals surface area contributed by atoms with E-state index in [1.165, 1.54) is 0 Å². The molecule has 29 heavy (non-hydrogen) atoms. The molecule has 0 radical (unpaired) electrons. The van der Waals surface area contributed by atoms with Crippen LogP contribution < -0.4 is 19.9 Å². The maximum Gasteiger partial charge on any atom is 0.274 e. The molecule has 1 aromatic carbocycles. The number of H-pyrrole nitrogens is 1. The van der Waals surface area contributed by atoms with Crippen LogP contribution in [0.2, 0.25) is 0 Å². The lowest BCUT2D eigenvalue weighted by atomic mass is 10.0. The molecular weight excluding hydrogens is 368 g/mol. The summed E-state index contributed by atoms with van der Waals surface area (Å²) in [7, 11) is 1.58. The highest BCUT2D eigenvalue weighted by molar-refractivity contribution is 5.97. The van der Waals surface area contributed by atoms with E-state index in [4.69, 9.17) is 4.74 Å². The predicted octanol–water partition coefficient (Wildman–Crippen LogP) is 1.61. The predicted molar refractivity (Wildman–Crippen MR) is 111 cm³/mol. The quantitative estimate of drug-likeness (QED) is 0.804. The summed E-state index contributed by atoms with van der Waals surface area (Å²) in [6.07, 6.45) is 1.90. The molecule has 0 unspecified atom stereocenters. The molecule has 1 aromatic heterocycles. The van der Waals surface area contributed by atoms with Crippen molar-refractivity contribution < 1.29 is 19.3 Å². The van der Waals surface area contributed by atoms with E-state index in [-0.39, 0.29) is 17.7 Å². The molecular formula is C22H29N4O3+. The van der Waals surface area contributed by atoms with Gasteiger partial charge in [0, 0.05) is 11.6 Å². The number of aromatic amines is 1. The van der Waals surface area contributed by atoms with Crippen molar-refractivity contribution in [1.82, 2.24) is 10.2 Å². The molecule has 154 valence electrons. The third-order valence-electron chi connectivity index (χ3n) is 5.20. The summed E-state index contributed by atoms with van der Waals surface area (Å²) < 4.78 is 5.13. The number of rotatable bonds is 6. The summed E-state index contributed by atoms with van der Waals surface area (Å²) in [4.78, 5) is 33.1. The Labute approximate surface area is 171 Å². The molecule has 1 fully saturated rings. The molecule has 2 N–H and O–H groups in total. The Kier molecular flexibility index (Phi) is 6.69. The first-order valence-electron chi connectivity index (χ1n) is 9.95. The lowest BCUT2D eigenvalue weighted by Gasteiger charge is -2.34. The molecule has 2 amide bonds. The summed E-state index contributed by atoms with van der Waals surface area (Å²) in [5, 5.41) is 2.92. The molecule has 0 aliphatic carbocycles. The maximum absolute atomic E-state index is 13.1. The monoisotopic (exact) mass is 397 g/mol. The van der Waals surface area contributed by atoms with Gasteiger partial charge in [0.2, 0.25) is 5.91 Å². The van der Waals surface area contributed by atoms with Crippen molar-refractivity contribution in [3.05, 3.63) is 54.2 Å². The molecule has 3 rings (SSSR count). The normalized spacial score (nSPS) is 15.2. The zero-order chi connectivity index (χ0) is 20.8. The van der Waals surface area contributed by atoms with Crippen molar-refractivity contribution in [3.8, 4) is 5.75 Å². The summed E-state index contributed by atoms with van der Waals surface area (Å²) in [6.45, 7) is 6.66. The van der Waals surface area contributed by atoms with Crippen molar-refractivity contribution in [2.24, 2.45) is 5.92 Å². The number of nitrogens with zero attached hydrogens (tertiary/aromatic N) is 2. The minimum Gasteiger partial charge on any atom is -0.497 e. The smallest absolute Gasteiger partial charge is 0.274 e. The van der Waals surface area contributed by atoms with Gasteiger partial charge in [-0.15, -0.1) is 0 Å². The van der Waals surface area contributed by atoms with E-state index in [0.29, 0.717) is 24.4 Å². The second kappa shape index (κ2) is 9.41. The van der Waals surface area contributed by atoms with Crippen LogP contribution in [-0.4, -0.2) is 56.0 Å². The minimum atomic E-state index is -0.556. The number of nitrogens with one attached hydrogen (secondary N) is 2. The number of carbonyl (C=O) groups excluding carboxylic acids is 2. The van der Waals surface area contributed by atoms with Gasteiger partial charge in [0.05, 0.1) is 26.4 Å². The molecule has 1 aliphatic heterocycles. The Bertz CT molecular complexity index is 816. The van der Waals surface area contributed by atoms with Crippen LogP contribution in [0.1, 0.15) is 24.2 Å². The Balaban J connectivity index is 1.61. The van der Waals surface area contributed by atoms with Crippen LogP contribution >= 0.6 is 0 Å². The third-order valence-corrected chi connectivity index (χ3v) is 5.20. The summed E-state index contributed by atoms with van der Waals surface area (Å²) in [5.41, 5.74) is 0.508. The van der Waals surface area contributed by atoms with Gasteiger partial charge in [0.25, 0.3) is 11.7 Å². The van der Waals surface area contributed by atoms with Gasteiger partial charge in [0.1, 0.15) is 24.9 Å². The van der Waals surface area contributed by atoms with E-state index in [2.05, 4.69) is 15.2 Å². The number of carbonyl (C=O) groups is 2. The number of benzene rings is 1. The molecule has 2 heterocycles. The summed E-state index contributed by atoms with van der Waals surface area (Å²) >= 11 is 0. The fourth-order valence-corrected chi connectivity index (χ4v) is 3.43. The number of piperazine rings is 1. The van der Waals surface area contributed by atoms with E-state index in [0.717, 1.165) is 18.9 Å². The van der Waals surface area contributed by atoms with Crippen molar-refractivity contribution in [3.63, 3.8) is 0 Å². The molecule has 0 bridgehead atoms. The Morgan fingerprint density at radius 2 is 1.72 bits per heavy atom. The topological polar surface area (TPSA) is 76.0 Å². The van der Waals surface area contributed by atoms with Gasteiger partial charge in [-0.2, -0.15) is 0 Å². The van der Waals surface area contributed by atoms with Crippen LogP contribution in [0.25, 0.3) is 0 Å². The average Bonchev–Trinajstić information content (AvgIpc) is 2.77. The number of hydrogen-bond donors (Lipinski definition) is 1. The van der Waals surface area contributed by atoms with Crippen molar-refractivity contribution in [2.45, 2.75) is 19.9 Å². The first-order valence-corrected chi connectivity index (χ1v) is 9.95. The summed E-state index contributed by atoms with van der Waals surface area (Å²) in [5.74, 6) is 1.44. The van der Waals surface area contributed by atoms with Crippen LogP contribution in [0.3, 0.4) is 0 Å². The van der Waals surface area contributed by atoms with Crippen LogP contribution in [0.4, 0.5) is 5.82 Å². The van der Waals surface area contributed by atoms with E-state index < -0.39 is 6.04 Å². The number of anilines is 1. The lowest BCUT2D eigenvalue weighted by molar-refractivity contribution is -0.364.